The molecule has 1 saturated carbocycles. The number of hydrogen-bond acceptors (Lipinski definition) is 6. The Morgan fingerprint density at radius 1 is 1.12 bits per heavy atom. The second kappa shape index (κ2) is 10.3. The van der Waals surface area contributed by atoms with E-state index < -0.39 is 10.1 Å². The number of fused-ring (bicyclic) bond motifs is 1. The molecule has 0 aliphatic heterocycles. The van der Waals surface area contributed by atoms with E-state index in [0.717, 1.165) is 46.2 Å². The average molecular weight is 488 g/mol. The molecule has 6 nitrogen and oxygen atoms in total. The minimum absolute atomic E-state index is 0.127. The SMILES string of the molecule is COC(=O)c1ccc2c(C3CCCCC3)c(-c3ccccc3SCCOS(C)(=O)=O)[nH]c2c1. The summed E-state index contributed by atoms with van der Waals surface area (Å²) < 4.78 is 32.4. The quantitative estimate of drug-likeness (QED) is 0.189. The van der Waals surface area contributed by atoms with Gasteiger partial charge in [-0.2, -0.15) is 8.42 Å². The number of ether oxygens (including phenoxy) is 1. The van der Waals surface area contributed by atoms with Gasteiger partial charge in [0.05, 0.1) is 31.2 Å². The van der Waals surface area contributed by atoms with Gasteiger partial charge in [0.2, 0.25) is 0 Å². The first-order valence-electron chi connectivity index (χ1n) is 11.2. The molecule has 1 heterocycles. The molecule has 1 fully saturated rings. The Kier molecular flexibility index (Phi) is 7.46. The van der Waals surface area contributed by atoms with Crippen LogP contribution in [0.15, 0.2) is 47.4 Å². The van der Waals surface area contributed by atoms with Gasteiger partial charge < -0.3 is 9.72 Å². The number of carbonyl (C=O) groups is 1. The standard InChI is InChI=1S/C25H29NO5S2/c1-30-25(27)18-12-13-19-21(16-18)26-24(23(19)17-8-4-3-5-9-17)20-10-6-7-11-22(20)32-15-14-31-33(2,28)29/h6-7,10-13,16-17,26H,3-5,8-9,14-15H2,1-2H3. The fourth-order valence-corrected chi connectivity index (χ4v) is 6.01. The molecule has 0 unspecified atom stereocenters. The van der Waals surface area contributed by atoms with Crippen molar-refractivity contribution in [2.75, 3.05) is 25.7 Å². The Morgan fingerprint density at radius 2 is 1.88 bits per heavy atom. The molecule has 1 aliphatic carbocycles. The normalized spacial score (nSPS) is 15.1. The molecule has 1 aliphatic rings. The van der Waals surface area contributed by atoms with Crippen LogP contribution in [0.2, 0.25) is 0 Å². The highest BCUT2D eigenvalue weighted by atomic mass is 32.2. The van der Waals surface area contributed by atoms with Crippen LogP contribution in [0.4, 0.5) is 0 Å². The van der Waals surface area contributed by atoms with Crippen LogP contribution in [-0.2, 0) is 19.0 Å². The molecule has 0 saturated heterocycles. The third kappa shape index (κ3) is 5.62. The predicted octanol–water partition coefficient (Wildman–Crippen LogP) is 5.74. The highest BCUT2D eigenvalue weighted by molar-refractivity contribution is 7.99. The smallest absolute Gasteiger partial charge is 0.337 e. The van der Waals surface area contributed by atoms with Gasteiger partial charge in [-0.05, 0) is 42.5 Å². The first-order valence-corrected chi connectivity index (χ1v) is 14.0. The van der Waals surface area contributed by atoms with E-state index in [2.05, 4.69) is 17.1 Å². The van der Waals surface area contributed by atoms with Crippen molar-refractivity contribution in [2.45, 2.75) is 42.9 Å². The molecule has 0 atom stereocenters. The number of nitrogens with one attached hydrogen (secondary N) is 1. The first kappa shape index (κ1) is 23.9. The van der Waals surface area contributed by atoms with Crippen LogP contribution in [0.1, 0.15) is 53.9 Å². The second-order valence-corrected chi connectivity index (χ2v) is 11.2. The number of H-pyrrole nitrogens is 1. The zero-order valence-electron chi connectivity index (χ0n) is 18.9. The van der Waals surface area contributed by atoms with E-state index in [0.29, 0.717) is 17.2 Å². The summed E-state index contributed by atoms with van der Waals surface area (Å²) in [6, 6.07) is 13.9. The van der Waals surface area contributed by atoms with E-state index in [1.165, 1.54) is 31.9 Å². The summed E-state index contributed by atoms with van der Waals surface area (Å²) in [5.74, 6) is 0.627. The Balaban J connectivity index is 1.75. The average Bonchev–Trinajstić information content (AvgIpc) is 3.20. The van der Waals surface area contributed by atoms with E-state index >= 15 is 0 Å². The maximum atomic E-state index is 12.1. The molecule has 4 rings (SSSR count). The van der Waals surface area contributed by atoms with Crippen molar-refractivity contribution in [3.05, 3.63) is 53.6 Å². The van der Waals surface area contributed by atoms with E-state index in [4.69, 9.17) is 8.92 Å². The number of hydrogen-bond donors (Lipinski definition) is 1. The Labute approximate surface area is 199 Å². The van der Waals surface area contributed by atoms with Crippen molar-refractivity contribution in [3.8, 4) is 11.3 Å². The minimum Gasteiger partial charge on any atom is -0.465 e. The Bertz CT molecular complexity index is 1240. The molecular weight excluding hydrogens is 458 g/mol. The number of carbonyl (C=O) groups excluding carboxylic acids is 1. The first-order chi connectivity index (χ1) is 15.9. The molecule has 3 aromatic rings. The van der Waals surface area contributed by atoms with Gasteiger partial charge in [-0.15, -0.1) is 11.8 Å². The molecule has 1 aromatic heterocycles. The summed E-state index contributed by atoms with van der Waals surface area (Å²) in [6.45, 7) is 0.127. The predicted molar refractivity (Wildman–Crippen MR) is 132 cm³/mol. The van der Waals surface area contributed by atoms with Crippen LogP contribution in [0.3, 0.4) is 0 Å². The van der Waals surface area contributed by atoms with Gasteiger partial charge in [0.15, 0.2) is 0 Å². The minimum atomic E-state index is -3.45. The fraction of sp³-hybridized carbons (Fsp3) is 0.400. The van der Waals surface area contributed by atoms with Crippen molar-refractivity contribution in [1.82, 2.24) is 4.98 Å². The number of methoxy groups -OCH3 is 1. The van der Waals surface area contributed by atoms with E-state index in [-0.39, 0.29) is 12.6 Å². The summed E-state index contributed by atoms with van der Waals surface area (Å²) in [4.78, 5) is 16.8. The topological polar surface area (TPSA) is 85.5 Å². The lowest BCUT2D eigenvalue weighted by molar-refractivity contribution is 0.0601. The lowest BCUT2D eigenvalue weighted by atomic mass is 9.82. The molecular formula is C25H29NO5S2. The van der Waals surface area contributed by atoms with Gasteiger partial charge in [-0.3, -0.25) is 4.18 Å². The van der Waals surface area contributed by atoms with E-state index in [1.54, 1.807) is 11.8 Å². The maximum Gasteiger partial charge on any atom is 0.337 e. The van der Waals surface area contributed by atoms with Crippen LogP contribution < -0.4 is 0 Å². The molecule has 33 heavy (non-hydrogen) atoms. The number of rotatable bonds is 8. The lowest BCUT2D eigenvalue weighted by Crippen LogP contribution is -2.06. The van der Waals surface area contributed by atoms with Gasteiger partial charge in [-0.1, -0.05) is 43.5 Å². The monoisotopic (exact) mass is 487 g/mol. The highest BCUT2D eigenvalue weighted by Crippen LogP contribution is 2.44. The summed E-state index contributed by atoms with van der Waals surface area (Å²) in [7, 11) is -2.06. The Hall–Kier alpha value is -2.29. The number of thioether (sulfide) groups is 1. The van der Waals surface area contributed by atoms with Crippen molar-refractivity contribution in [2.24, 2.45) is 0 Å². The van der Waals surface area contributed by atoms with Crippen LogP contribution in [0.25, 0.3) is 22.2 Å². The Morgan fingerprint density at radius 3 is 2.61 bits per heavy atom. The largest absolute Gasteiger partial charge is 0.465 e. The third-order valence-corrected chi connectivity index (χ3v) is 7.70. The number of benzene rings is 2. The zero-order valence-corrected chi connectivity index (χ0v) is 20.6. The van der Waals surface area contributed by atoms with Gasteiger partial charge in [-0.25, -0.2) is 4.79 Å². The summed E-state index contributed by atoms with van der Waals surface area (Å²) in [6.07, 6.45) is 7.07. The van der Waals surface area contributed by atoms with Gasteiger partial charge in [0, 0.05) is 27.1 Å². The van der Waals surface area contributed by atoms with Crippen LogP contribution in [0, 0.1) is 0 Å². The molecule has 0 amide bonds. The molecule has 0 spiro atoms. The third-order valence-electron chi connectivity index (χ3n) is 6.07. The highest BCUT2D eigenvalue weighted by Gasteiger charge is 2.25. The van der Waals surface area contributed by atoms with Crippen molar-refractivity contribution >= 4 is 38.8 Å². The van der Waals surface area contributed by atoms with Gasteiger partial charge >= 0.3 is 5.97 Å². The molecule has 176 valence electrons. The van der Waals surface area contributed by atoms with E-state index in [9.17, 15) is 13.2 Å². The summed E-state index contributed by atoms with van der Waals surface area (Å²) in [5.41, 5.74) is 4.91. The maximum absolute atomic E-state index is 12.1. The van der Waals surface area contributed by atoms with Gasteiger partial charge in [0.1, 0.15) is 0 Å². The molecule has 0 bridgehead atoms. The number of aromatic amines is 1. The number of esters is 1. The molecule has 0 radical (unpaired) electrons. The summed E-state index contributed by atoms with van der Waals surface area (Å²) >= 11 is 1.58. The van der Waals surface area contributed by atoms with Crippen LogP contribution in [0.5, 0.6) is 0 Å². The van der Waals surface area contributed by atoms with E-state index in [1.807, 2.05) is 30.3 Å². The fourth-order valence-electron chi connectivity index (χ4n) is 4.63. The van der Waals surface area contributed by atoms with Crippen LogP contribution >= 0.6 is 11.8 Å². The van der Waals surface area contributed by atoms with Crippen LogP contribution in [-0.4, -0.2) is 45.1 Å². The van der Waals surface area contributed by atoms with Crippen molar-refractivity contribution in [1.29, 1.82) is 0 Å². The molecule has 2 aromatic carbocycles. The van der Waals surface area contributed by atoms with Gasteiger partial charge in [0.25, 0.3) is 10.1 Å². The van der Waals surface area contributed by atoms with Crippen molar-refractivity contribution in [3.63, 3.8) is 0 Å². The lowest BCUT2D eigenvalue weighted by Gasteiger charge is -2.23. The molecule has 1 N–H and O–H groups in total. The number of aromatic nitrogens is 1. The zero-order chi connectivity index (χ0) is 23.4. The molecule has 8 heteroatoms. The summed E-state index contributed by atoms with van der Waals surface area (Å²) in [5, 5.41) is 1.14. The second-order valence-electron chi connectivity index (χ2n) is 8.37. The van der Waals surface area contributed by atoms with Crippen molar-refractivity contribution < 1.29 is 22.1 Å².